The van der Waals surface area contributed by atoms with E-state index in [1.165, 1.54) is 0 Å². The van der Waals surface area contributed by atoms with Crippen LogP contribution in [0.1, 0.15) is 49.0 Å². The first-order valence-electron chi connectivity index (χ1n) is 4.66. The molecule has 0 aromatic heterocycles. The standard InChI is InChI=1S/C6H8N2.C5H7N.CHN.3CH4/c1-6(5-8)3-2-4-7;1-3-5(2)4-6;1-2;;;/h6H,2-3H2,1H3;3,5H,1H2,2H3;1H;3*1H4. The Morgan fingerprint density at radius 1 is 1.05 bits per heavy atom. The molecule has 0 aromatic rings. The van der Waals surface area contributed by atoms with Gasteiger partial charge in [-0.1, -0.05) is 28.4 Å². The van der Waals surface area contributed by atoms with Crippen molar-refractivity contribution in [2.24, 2.45) is 11.8 Å². The van der Waals surface area contributed by atoms with Crippen molar-refractivity contribution in [2.75, 3.05) is 0 Å². The Labute approximate surface area is 120 Å². The summed E-state index contributed by atoms with van der Waals surface area (Å²) in [6, 6.07) is 6.03. The van der Waals surface area contributed by atoms with Crippen LogP contribution in [0.2, 0.25) is 0 Å². The highest BCUT2D eigenvalue weighted by molar-refractivity contribution is 4.91. The molecule has 4 heteroatoms. The molecule has 0 radical (unpaired) electrons. The first kappa shape index (κ1) is 36.0. The monoisotopic (exact) mass is 264 g/mol. The van der Waals surface area contributed by atoms with Gasteiger partial charge in [0.1, 0.15) is 0 Å². The third-order valence-electron chi connectivity index (χ3n) is 1.47. The Kier molecular flexibility index (Phi) is 68.2. The summed E-state index contributed by atoms with van der Waals surface area (Å²) in [5.74, 6) is 0.0413. The van der Waals surface area contributed by atoms with Gasteiger partial charge in [0.05, 0.1) is 24.1 Å². The summed E-state index contributed by atoms with van der Waals surface area (Å²) in [4.78, 5) is 0. The van der Waals surface area contributed by atoms with Crippen LogP contribution in [0, 0.1) is 57.7 Å². The molecular weight excluding hydrogens is 236 g/mol. The lowest BCUT2D eigenvalue weighted by Gasteiger charge is -1.91. The Hall–Kier alpha value is -2.30. The van der Waals surface area contributed by atoms with Gasteiger partial charge in [0.15, 0.2) is 0 Å². The fourth-order valence-electron chi connectivity index (χ4n) is 0.398. The molecule has 4 nitrogen and oxygen atoms in total. The van der Waals surface area contributed by atoms with Crippen LogP contribution in [-0.2, 0) is 0 Å². The van der Waals surface area contributed by atoms with Gasteiger partial charge < -0.3 is 0 Å². The molecule has 2 unspecified atom stereocenters. The van der Waals surface area contributed by atoms with Crippen molar-refractivity contribution in [1.82, 2.24) is 0 Å². The highest BCUT2D eigenvalue weighted by Gasteiger charge is 1.95. The third kappa shape index (κ3) is 49.7. The summed E-state index contributed by atoms with van der Waals surface area (Å²) in [5, 5.41) is 30.8. The zero-order valence-electron chi connectivity index (χ0n) is 9.72. The smallest absolute Gasteiger partial charge is 0.0694 e. The van der Waals surface area contributed by atoms with Crippen LogP contribution in [-0.4, -0.2) is 0 Å². The minimum Gasteiger partial charge on any atom is -0.202 e. The Morgan fingerprint density at radius 2 is 1.47 bits per heavy atom. The highest BCUT2D eigenvalue weighted by atomic mass is 14.3. The molecule has 2 atom stereocenters. The lowest BCUT2D eigenvalue weighted by Crippen LogP contribution is -1.86. The fraction of sp³-hybridized carbons (Fsp3) is 0.600. The van der Waals surface area contributed by atoms with Crippen molar-refractivity contribution in [1.29, 1.82) is 21.0 Å². The largest absolute Gasteiger partial charge is 0.202 e. The average molecular weight is 264 g/mol. The number of hydrogen-bond acceptors (Lipinski definition) is 4. The van der Waals surface area contributed by atoms with Gasteiger partial charge in [-0.25, -0.2) is 5.26 Å². The van der Waals surface area contributed by atoms with Gasteiger partial charge in [-0.15, -0.1) is 6.58 Å². The van der Waals surface area contributed by atoms with Crippen molar-refractivity contribution in [3.05, 3.63) is 12.7 Å². The molecule has 0 aliphatic heterocycles. The van der Waals surface area contributed by atoms with E-state index in [4.69, 9.17) is 21.0 Å². The van der Waals surface area contributed by atoms with Crippen LogP contribution in [0.5, 0.6) is 0 Å². The van der Waals surface area contributed by atoms with Crippen LogP contribution in [0.25, 0.3) is 0 Å². The predicted octanol–water partition coefficient (Wildman–Crippen LogP) is 4.83. The third-order valence-corrected chi connectivity index (χ3v) is 1.47. The van der Waals surface area contributed by atoms with Gasteiger partial charge >= 0.3 is 0 Å². The first-order chi connectivity index (χ1) is 7.62. The van der Waals surface area contributed by atoms with Crippen molar-refractivity contribution in [3.8, 4) is 24.8 Å². The normalized spacial score (nSPS) is 8.68. The van der Waals surface area contributed by atoms with Crippen LogP contribution in [0.4, 0.5) is 0 Å². The van der Waals surface area contributed by atoms with Crippen molar-refractivity contribution < 1.29 is 0 Å². The number of rotatable bonds is 3. The molecule has 0 N–H and O–H groups in total. The molecular formula is C15H28N4. The molecule has 108 valence electrons. The van der Waals surface area contributed by atoms with Gasteiger partial charge in [0, 0.05) is 18.9 Å². The zero-order chi connectivity index (χ0) is 13.4. The molecule has 0 spiro atoms. The SMILES string of the molecule is C.C.C.C#N.C=CC(C)C#N.CC(C#N)CCC#N. The van der Waals surface area contributed by atoms with E-state index < -0.39 is 0 Å². The second kappa shape index (κ2) is 36.1. The minimum atomic E-state index is 0. The van der Waals surface area contributed by atoms with Gasteiger partial charge in [-0.3, -0.25) is 0 Å². The van der Waals surface area contributed by atoms with E-state index in [0.717, 1.165) is 0 Å². The number of nitriles is 4. The van der Waals surface area contributed by atoms with Crippen molar-refractivity contribution in [3.63, 3.8) is 0 Å². The number of hydrogen-bond donors (Lipinski definition) is 0. The lowest BCUT2D eigenvalue weighted by molar-refractivity contribution is 0.675. The second-order valence-corrected chi connectivity index (χ2v) is 2.88. The first-order valence-corrected chi connectivity index (χ1v) is 4.66. The van der Waals surface area contributed by atoms with Crippen LogP contribution in [0.15, 0.2) is 12.7 Å². The van der Waals surface area contributed by atoms with Gasteiger partial charge in [-0.2, -0.15) is 15.8 Å². The fourth-order valence-corrected chi connectivity index (χ4v) is 0.398. The van der Waals surface area contributed by atoms with E-state index in [2.05, 4.69) is 13.2 Å². The molecule has 0 aliphatic carbocycles. The minimum absolute atomic E-state index is 0. The van der Waals surface area contributed by atoms with Crippen LogP contribution >= 0.6 is 0 Å². The highest BCUT2D eigenvalue weighted by Crippen LogP contribution is 2.00. The summed E-state index contributed by atoms with van der Waals surface area (Å²) >= 11 is 0. The maximum Gasteiger partial charge on any atom is 0.0694 e. The second-order valence-electron chi connectivity index (χ2n) is 2.88. The maximum absolute atomic E-state index is 8.20. The summed E-state index contributed by atoms with van der Waals surface area (Å²) in [5.41, 5.74) is 0. The quantitative estimate of drug-likeness (QED) is 0.682. The van der Waals surface area contributed by atoms with E-state index in [-0.39, 0.29) is 34.1 Å². The molecule has 0 saturated carbocycles. The van der Waals surface area contributed by atoms with Gasteiger partial charge in [0.2, 0.25) is 0 Å². The van der Waals surface area contributed by atoms with Crippen LogP contribution in [0.3, 0.4) is 0 Å². The van der Waals surface area contributed by atoms with E-state index >= 15 is 0 Å². The van der Waals surface area contributed by atoms with E-state index in [0.29, 0.717) is 12.8 Å². The van der Waals surface area contributed by atoms with Crippen molar-refractivity contribution in [2.45, 2.75) is 49.0 Å². The molecule has 0 rings (SSSR count). The predicted molar refractivity (Wildman–Crippen MR) is 81.5 cm³/mol. The molecule has 0 fully saturated rings. The molecule has 0 saturated heterocycles. The number of allylic oxidation sites excluding steroid dienone is 1. The maximum atomic E-state index is 8.20. The Morgan fingerprint density at radius 3 is 1.63 bits per heavy atom. The molecule has 0 aromatic carbocycles. The molecule has 0 heterocycles. The number of nitrogens with zero attached hydrogens (tertiary/aromatic N) is 4. The lowest BCUT2D eigenvalue weighted by atomic mass is 10.1. The van der Waals surface area contributed by atoms with E-state index in [1.54, 1.807) is 13.0 Å². The Balaban J connectivity index is -0.0000000351. The topological polar surface area (TPSA) is 95.2 Å². The molecule has 0 aliphatic rings. The Bertz CT molecular complexity index is 299. The summed E-state index contributed by atoms with van der Waals surface area (Å²) in [7, 11) is 0. The summed E-state index contributed by atoms with van der Waals surface area (Å²) in [6.45, 7) is 10.5. The van der Waals surface area contributed by atoms with E-state index in [1.807, 2.05) is 25.1 Å². The average Bonchev–Trinajstić information content (AvgIpc) is 2.37. The molecule has 0 bridgehead atoms. The van der Waals surface area contributed by atoms with Gasteiger partial charge in [-0.05, 0) is 20.3 Å². The molecule has 19 heavy (non-hydrogen) atoms. The van der Waals surface area contributed by atoms with Crippen LogP contribution < -0.4 is 0 Å². The van der Waals surface area contributed by atoms with Gasteiger partial charge in [0.25, 0.3) is 0 Å². The van der Waals surface area contributed by atoms with E-state index in [9.17, 15) is 0 Å². The summed E-state index contributed by atoms with van der Waals surface area (Å²) in [6.07, 6.45) is 2.81. The molecule has 0 amide bonds. The summed E-state index contributed by atoms with van der Waals surface area (Å²) < 4.78 is 0. The van der Waals surface area contributed by atoms with Crippen molar-refractivity contribution >= 4 is 0 Å². The zero-order valence-corrected chi connectivity index (χ0v) is 9.72.